The van der Waals surface area contributed by atoms with Crippen LogP contribution in [0.1, 0.15) is 65.7 Å². The van der Waals surface area contributed by atoms with E-state index in [1.807, 2.05) is 0 Å². The Labute approximate surface area is 146 Å². The van der Waals surface area contributed by atoms with Gasteiger partial charge in [-0.15, -0.1) is 11.6 Å². The summed E-state index contributed by atoms with van der Waals surface area (Å²) in [6, 6.07) is 0. The van der Waals surface area contributed by atoms with E-state index in [0.717, 1.165) is 24.7 Å². The molecule has 23 heavy (non-hydrogen) atoms. The Kier molecular flexibility index (Phi) is 3.93. The number of alkyl halides is 1. The minimum absolute atomic E-state index is 0.166. The highest BCUT2D eigenvalue weighted by Gasteiger charge is 2.63. The van der Waals surface area contributed by atoms with Gasteiger partial charge in [0, 0.05) is 5.38 Å². The fourth-order valence-electron chi connectivity index (χ4n) is 7.62. The molecule has 1 nitrogen and oxygen atoms in total. The SMILES string of the molecule is CC[C@H]1CC[C@H]2[C@H]3[C@H]([C@@H](O)C[C@]12C)[C@@]1(C)C=CCCC1C[C@H]3Cl. The van der Waals surface area contributed by atoms with Gasteiger partial charge in [-0.2, -0.15) is 0 Å². The standard InChI is InChI=1S/C21H33ClO/c1-4-13-8-9-15-18-16(22)11-14-7-5-6-10-20(14,2)19(18)17(23)12-21(13,15)3/h6,10,13-19,23H,4-5,7-9,11-12H2,1-3H3/t13-,14?,15-,16+,17-,18+,19-,20-,21+/m0/s1. The third-order valence-corrected chi connectivity index (χ3v) is 9.19. The van der Waals surface area contributed by atoms with Gasteiger partial charge in [-0.25, -0.2) is 0 Å². The molecule has 2 heteroatoms. The van der Waals surface area contributed by atoms with Gasteiger partial charge in [0.1, 0.15) is 0 Å². The molecular formula is C21H33ClO. The highest BCUT2D eigenvalue weighted by atomic mass is 35.5. The molecule has 0 saturated heterocycles. The van der Waals surface area contributed by atoms with Crippen LogP contribution >= 0.6 is 11.6 Å². The molecule has 3 saturated carbocycles. The van der Waals surface area contributed by atoms with E-state index in [0.29, 0.717) is 23.2 Å². The minimum atomic E-state index is -0.176. The molecule has 1 N–H and O–H groups in total. The number of fused-ring (bicyclic) bond motifs is 5. The normalized spacial score (nSPS) is 58.4. The number of aliphatic hydroxyl groups excluding tert-OH is 1. The summed E-state index contributed by atoms with van der Waals surface area (Å²) in [4.78, 5) is 0. The van der Waals surface area contributed by atoms with Crippen LogP contribution in [0.3, 0.4) is 0 Å². The van der Waals surface area contributed by atoms with Crippen LogP contribution in [0.15, 0.2) is 12.2 Å². The maximum Gasteiger partial charge on any atom is 0.0585 e. The molecule has 4 aliphatic rings. The molecule has 130 valence electrons. The summed E-state index contributed by atoms with van der Waals surface area (Å²) < 4.78 is 0. The lowest BCUT2D eigenvalue weighted by Gasteiger charge is -2.62. The van der Waals surface area contributed by atoms with Gasteiger partial charge < -0.3 is 5.11 Å². The van der Waals surface area contributed by atoms with Crippen molar-refractivity contribution in [2.75, 3.05) is 0 Å². The Hall–Kier alpha value is -0.0100. The molecule has 0 heterocycles. The zero-order valence-electron chi connectivity index (χ0n) is 15.0. The van der Waals surface area contributed by atoms with Gasteiger partial charge in [0.15, 0.2) is 0 Å². The molecule has 0 aromatic heterocycles. The summed E-state index contributed by atoms with van der Waals surface area (Å²) >= 11 is 7.02. The van der Waals surface area contributed by atoms with Crippen molar-refractivity contribution in [3.05, 3.63) is 12.2 Å². The van der Waals surface area contributed by atoms with Crippen molar-refractivity contribution in [1.29, 1.82) is 0 Å². The lowest BCUT2D eigenvalue weighted by Crippen LogP contribution is -2.60. The summed E-state index contributed by atoms with van der Waals surface area (Å²) in [6.45, 7) is 7.22. The largest absolute Gasteiger partial charge is 0.393 e. The van der Waals surface area contributed by atoms with E-state index in [1.54, 1.807) is 0 Å². The second-order valence-electron chi connectivity index (χ2n) is 9.46. The smallest absolute Gasteiger partial charge is 0.0585 e. The fourth-order valence-corrected chi connectivity index (χ4v) is 8.17. The fraction of sp³-hybridized carbons (Fsp3) is 0.905. The topological polar surface area (TPSA) is 20.2 Å². The van der Waals surface area contributed by atoms with Gasteiger partial charge in [-0.3, -0.25) is 0 Å². The Morgan fingerprint density at radius 2 is 2.00 bits per heavy atom. The van der Waals surface area contributed by atoms with Crippen molar-refractivity contribution in [2.24, 2.45) is 40.4 Å². The van der Waals surface area contributed by atoms with Crippen LogP contribution in [-0.4, -0.2) is 16.6 Å². The predicted octanol–water partition coefficient (Wildman–Crippen LogP) is 5.41. The quantitative estimate of drug-likeness (QED) is 0.501. The Bertz CT molecular complexity index is 502. The highest BCUT2D eigenvalue weighted by Crippen LogP contribution is 2.67. The molecule has 0 bridgehead atoms. The van der Waals surface area contributed by atoms with E-state index in [2.05, 4.69) is 32.9 Å². The van der Waals surface area contributed by atoms with Crippen LogP contribution in [0.2, 0.25) is 0 Å². The van der Waals surface area contributed by atoms with Gasteiger partial charge in [-0.1, -0.05) is 39.3 Å². The van der Waals surface area contributed by atoms with Crippen LogP contribution in [0.5, 0.6) is 0 Å². The van der Waals surface area contributed by atoms with E-state index in [-0.39, 0.29) is 16.9 Å². The third-order valence-electron chi connectivity index (χ3n) is 8.73. The number of hydrogen-bond donors (Lipinski definition) is 1. The van der Waals surface area contributed by atoms with Gasteiger partial charge in [0.25, 0.3) is 0 Å². The highest BCUT2D eigenvalue weighted by molar-refractivity contribution is 6.21. The van der Waals surface area contributed by atoms with E-state index in [9.17, 15) is 5.11 Å². The summed E-state index contributed by atoms with van der Waals surface area (Å²) in [5, 5.41) is 11.5. The lowest BCUT2D eigenvalue weighted by atomic mass is 9.45. The van der Waals surface area contributed by atoms with Crippen molar-refractivity contribution >= 4 is 11.6 Å². The second-order valence-corrected chi connectivity index (χ2v) is 10.0. The first-order chi connectivity index (χ1) is 10.9. The molecule has 4 aliphatic carbocycles. The minimum Gasteiger partial charge on any atom is -0.393 e. The lowest BCUT2D eigenvalue weighted by molar-refractivity contribution is -0.144. The summed E-state index contributed by atoms with van der Waals surface area (Å²) in [5.41, 5.74) is 0.476. The molecule has 3 fully saturated rings. The maximum atomic E-state index is 11.3. The van der Waals surface area contributed by atoms with Crippen molar-refractivity contribution in [3.8, 4) is 0 Å². The first-order valence-corrected chi connectivity index (χ1v) is 10.3. The summed E-state index contributed by atoms with van der Waals surface area (Å²) in [7, 11) is 0. The van der Waals surface area contributed by atoms with E-state index < -0.39 is 0 Å². The zero-order chi connectivity index (χ0) is 16.4. The summed E-state index contributed by atoms with van der Waals surface area (Å²) in [6.07, 6.45) is 13.2. The predicted molar refractivity (Wildman–Crippen MR) is 96.4 cm³/mol. The number of allylic oxidation sites excluding steroid dienone is 2. The van der Waals surface area contributed by atoms with Crippen LogP contribution < -0.4 is 0 Å². The van der Waals surface area contributed by atoms with Crippen LogP contribution in [0, 0.1) is 40.4 Å². The number of aliphatic hydroxyl groups is 1. The molecule has 0 spiro atoms. The molecular weight excluding hydrogens is 304 g/mol. The monoisotopic (exact) mass is 336 g/mol. The Morgan fingerprint density at radius 3 is 2.74 bits per heavy atom. The average Bonchev–Trinajstić information content (AvgIpc) is 2.83. The number of hydrogen-bond acceptors (Lipinski definition) is 1. The van der Waals surface area contributed by atoms with Crippen molar-refractivity contribution in [1.82, 2.24) is 0 Å². The van der Waals surface area contributed by atoms with Crippen LogP contribution in [-0.2, 0) is 0 Å². The third kappa shape index (κ3) is 2.15. The van der Waals surface area contributed by atoms with Crippen LogP contribution in [0.25, 0.3) is 0 Å². The van der Waals surface area contributed by atoms with Crippen molar-refractivity contribution in [3.63, 3.8) is 0 Å². The van der Waals surface area contributed by atoms with E-state index in [1.165, 1.54) is 32.1 Å². The molecule has 0 radical (unpaired) electrons. The average molecular weight is 337 g/mol. The van der Waals surface area contributed by atoms with Gasteiger partial charge in [-0.05, 0) is 78.9 Å². The number of halogens is 1. The van der Waals surface area contributed by atoms with Crippen molar-refractivity contribution < 1.29 is 5.11 Å². The van der Waals surface area contributed by atoms with Gasteiger partial charge >= 0.3 is 0 Å². The van der Waals surface area contributed by atoms with E-state index >= 15 is 0 Å². The first kappa shape index (κ1) is 16.5. The zero-order valence-corrected chi connectivity index (χ0v) is 15.7. The molecule has 0 aromatic rings. The molecule has 4 rings (SSSR count). The Morgan fingerprint density at radius 1 is 1.22 bits per heavy atom. The van der Waals surface area contributed by atoms with Crippen LogP contribution in [0.4, 0.5) is 0 Å². The molecule has 9 atom stereocenters. The first-order valence-electron chi connectivity index (χ1n) is 9.91. The van der Waals surface area contributed by atoms with Crippen molar-refractivity contribution in [2.45, 2.75) is 77.2 Å². The number of rotatable bonds is 1. The second kappa shape index (κ2) is 5.49. The molecule has 0 aliphatic heterocycles. The summed E-state index contributed by atoms with van der Waals surface area (Å²) in [5.74, 6) is 3.04. The maximum absolute atomic E-state index is 11.3. The Balaban J connectivity index is 1.75. The molecule has 0 aromatic carbocycles. The molecule has 0 amide bonds. The molecule has 1 unspecified atom stereocenters. The van der Waals surface area contributed by atoms with Gasteiger partial charge in [0.05, 0.1) is 6.10 Å². The van der Waals surface area contributed by atoms with E-state index in [4.69, 9.17) is 11.6 Å². The van der Waals surface area contributed by atoms with Gasteiger partial charge in [0.2, 0.25) is 0 Å².